The number of carboxylic acids is 1. The number of nitrogens with zero attached hydrogens (tertiary/aromatic N) is 1. The third-order valence-corrected chi connectivity index (χ3v) is 6.93. The average Bonchev–Trinajstić information content (AvgIpc) is 3.28. The molecular formula is C33H35CaFN2O5. The van der Waals surface area contributed by atoms with E-state index in [1.54, 1.807) is 12.1 Å². The molecule has 4 rings (SSSR count). The van der Waals surface area contributed by atoms with Gasteiger partial charge >= 0.3 is 5.97 Å². The Morgan fingerprint density at radius 3 is 2.02 bits per heavy atom. The number of carbonyl (C=O) groups excluding carboxylic acids is 1. The molecule has 0 fully saturated rings. The van der Waals surface area contributed by atoms with E-state index in [9.17, 15) is 24.2 Å². The molecule has 0 aliphatic carbocycles. The first-order valence-corrected chi connectivity index (χ1v) is 13.7. The summed E-state index contributed by atoms with van der Waals surface area (Å²) in [5.74, 6) is -1.93. The third-order valence-electron chi connectivity index (χ3n) is 6.93. The van der Waals surface area contributed by atoms with E-state index >= 15 is 0 Å². The quantitative estimate of drug-likeness (QED) is 0.151. The van der Waals surface area contributed by atoms with Crippen LogP contribution in [0.15, 0.2) is 84.9 Å². The maximum absolute atomic E-state index is 14.0. The van der Waals surface area contributed by atoms with Crippen molar-refractivity contribution in [1.82, 2.24) is 4.57 Å². The number of hydrogen-bond acceptors (Lipinski definition) is 4. The zero-order valence-electron chi connectivity index (χ0n) is 23.8. The zero-order chi connectivity index (χ0) is 29.5. The second-order valence-electron chi connectivity index (χ2n) is 10.4. The van der Waals surface area contributed by atoms with E-state index in [1.165, 1.54) is 12.1 Å². The first-order chi connectivity index (χ1) is 19.7. The van der Waals surface area contributed by atoms with Crippen molar-refractivity contribution in [3.05, 3.63) is 102 Å². The summed E-state index contributed by atoms with van der Waals surface area (Å²) in [5.41, 5.74) is 4.77. The molecule has 0 aliphatic rings. The SMILES string of the molecule is CC(C)c1c(C(=O)Nc2ccccc2)c(-c2ccccc2)c(-c2ccc(F)cc2)n1CC[C@H](O)C[C@H](O)CC(=O)O.[Ca]. The van der Waals surface area contributed by atoms with Gasteiger partial charge in [-0.15, -0.1) is 0 Å². The van der Waals surface area contributed by atoms with E-state index in [0.717, 1.165) is 11.3 Å². The van der Waals surface area contributed by atoms with Crippen LogP contribution in [0, 0.1) is 5.82 Å². The number of anilines is 1. The Bertz CT molecular complexity index is 1470. The van der Waals surface area contributed by atoms with Gasteiger partial charge in [-0.1, -0.05) is 62.4 Å². The van der Waals surface area contributed by atoms with Crippen LogP contribution >= 0.6 is 0 Å². The minimum atomic E-state index is -1.18. The molecular weight excluding hydrogens is 563 g/mol. The third kappa shape index (κ3) is 8.30. The predicted molar refractivity (Wildman–Crippen MR) is 163 cm³/mol. The summed E-state index contributed by atoms with van der Waals surface area (Å²) in [6.45, 7) is 4.25. The van der Waals surface area contributed by atoms with Gasteiger partial charge < -0.3 is 25.2 Å². The second kappa shape index (κ2) is 15.5. The zero-order valence-corrected chi connectivity index (χ0v) is 26.0. The number of amides is 1. The molecule has 3 aromatic carbocycles. The van der Waals surface area contributed by atoms with Crippen LogP contribution in [0.25, 0.3) is 22.4 Å². The maximum Gasteiger partial charge on any atom is 0.305 e. The number of aliphatic hydroxyl groups is 2. The van der Waals surface area contributed by atoms with Gasteiger partial charge in [0.05, 0.1) is 29.9 Å². The number of carbonyl (C=O) groups is 2. The molecule has 0 unspecified atom stereocenters. The summed E-state index contributed by atoms with van der Waals surface area (Å²) in [6, 6.07) is 24.8. The Kier molecular flexibility index (Phi) is 12.3. The van der Waals surface area contributed by atoms with Crippen LogP contribution in [-0.2, 0) is 11.3 Å². The van der Waals surface area contributed by atoms with Crippen molar-refractivity contribution in [2.24, 2.45) is 0 Å². The molecule has 4 aromatic rings. The summed E-state index contributed by atoms with van der Waals surface area (Å²) >= 11 is 0. The van der Waals surface area contributed by atoms with Gasteiger partial charge in [-0.2, -0.15) is 0 Å². The predicted octanol–water partition coefficient (Wildman–Crippen LogP) is 5.93. The second-order valence-corrected chi connectivity index (χ2v) is 10.4. The Hall–Kier alpha value is -3.01. The first-order valence-electron chi connectivity index (χ1n) is 13.7. The standard InChI is InChI=1S/C33H35FN2O5.Ca/c1-21(2)31-30(33(41)35-25-11-7-4-8-12-25)29(22-9-5-3-6-10-22)32(23-13-15-24(34)16-14-23)36(31)18-17-26(37)19-27(38)20-28(39)40;/h3-16,21,26-27,37-38H,17-20H2,1-2H3,(H,35,41)(H,39,40);/t26-,27-;/m0./s1. The van der Waals surface area contributed by atoms with Gasteiger partial charge in [-0.3, -0.25) is 9.59 Å². The van der Waals surface area contributed by atoms with Crippen molar-refractivity contribution in [3.63, 3.8) is 0 Å². The Balaban J connectivity index is 0.00000484. The van der Waals surface area contributed by atoms with E-state index in [0.29, 0.717) is 28.1 Å². The van der Waals surface area contributed by atoms with Crippen LogP contribution in [0.5, 0.6) is 0 Å². The molecule has 0 spiro atoms. The van der Waals surface area contributed by atoms with Gasteiger partial charge in [0.25, 0.3) is 5.91 Å². The van der Waals surface area contributed by atoms with Crippen LogP contribution in [0.3, 0.4) is 0 Å². The minimum absolute atomic E-state index is 0. The molecule has 1 aromatic heterocycles. The summed E-state index contributed by atoms with van der Waals surface area (Å²) in [7, 11) is 0. The van der Waals surface area contributed by atoms with E-state index < -0.39 is 24.6 Å². The van der Waals surface area contributed by atoms with Gasteiger partial charge in [-0.05, 0) is 66.3 Å². The summed E-state index contributed by atoms with van der Waals surface area (Å²) in [5, 5.41) is 32.8. The van der Waals surface area contributed by atoms with Crippen molar-refractivity contribution in [2.45, 2.75) is 57.8 Å². The van der Waals surface area contributed by atoms with Crippen molar-refractivity contribution < 1.29 is 29.3 Å². The summed E-state index contributed by atoms with van der Waals surface area (Å²) in [4.78, 5) is 25.0. The molecule has 9 heteroatoms. The molecule has 0 aliphatic heterocycles. The average molecular weight is 599 g/mol. The van der Waals surface area contributed by atoms with E-state index in [2.05, 4.69) is 5.32 Å². The van der Waals surface area contributed by atoms with Crippen molar-refractivity contribution >= 4 is 55.3 Å². The summed E-state index contributed by atoms with van der Waals surface area (Å²) in [6.07, 6.45) is -2.51. The fourth-order valence-electron chi connectivity index (χ4n) is 5.20. The van der Waals surface area contributed by atoms with Crippen LogP contribution < -0.4 is 5.32 Å². The Morgan fingerprint density at radius 1 is 0.857 bits per heavy atom. The molecule has 42 heavy (non-hydrogen) atoms. The number of hydrogen-bond donors (Lipinski definition) is 4. The monoisotopic (exact) mass is 598 g/mol. The van der Waals surface area contributed by atoms with Crippen LogP contribution in [0.4, 0.5) is 10.1 Å². The van der Waals surface area contributed by atoms with Crippen LogP contribution in [0.2, 0.25) is 0 Å². The van der Waals surface area contributed by atoms with Gasteiger partial charge in [-0.25, -0.2) is 4.39 Å². The number of aromatic nitrogens is 1. The number of aliphatic carboxylic acids is 1. The molecule has 0 saturated carbocycles. The molecule has 7 nitrogen and oxygen atoms in total. The van der Waals surface area contributed by atoms with Crippen molar-refractivity contribution in [3.8, 4) is 22.4 Å². The fraction of sp³-hybridized carbons (Fsp3) is 0.273. The van der Waals surface area contributed by atoms with Gasteiger partial charge in [0.15, 0.2) is 0 Å². The topological polar surface area (TPSA) is 112 Å². The van der Waals surface area contributed by atoms with Crippen LogP contribution in [0.1, 0.15) is 55.1 Å². The number of aliphatic hydroxyl groups excluding tert-OH is 2. The molecule has 216 valence electrons. The van der Waals surface area contributed by atoms with Crippen molar-refractivity contribution in [1.29, 1.82) is 0 Å². The Labute approximate surface area is 275 Å². The number of halogens is 1. The number of rotatable bonds is 12. The number of carboxylic acid groups (broad SMARTS) is 1. The van der Waals surface area contributed by atoms with E-state index in [1.807, 2.05) is 79.1 Å². The van der Waals surface area contributed by atoms with E-state index in [-0.39, 0.29) is 74.8 Å². The molecule has 0 bridgehead atoms. The number of nitrogens with one attached hydrogen (secondary N) is 1. The maximum atomic E-state index is 14.0. The van der Waals surface area contributed by atoms with E-state index in [4.69, 9.17) is 5.11 Å². The summed E-state index contributed by atoms with van der Waals surface area (Å²) < 4.78 is 16.0. The van der Waals surface area contributed by atoms with Gasteiger partial charge in [0, 0.05) is 61.2 Å². The minimum Gasteiger partial charge on any atom is -0.481 e. The molecule has 2 atom stereocenters. The van der Waals surface area contributed by atoms with Gasteiger partial charge in [0.2, 0.25) is 0 Å². The van der Waals surface area contributed by atoms with Gasteiger partial charge in [0.1, 0.15) is 5.82 Å². The first kappa shape index (κ1) is 33.5. The fourth-order valence-corrected chi connectivity index (χ4v) is 5.20. The number of para-hydroxylation sites is 1. The normalized spacial score (nSPS) is 12.4. The molecule has 1 heterocycles. The molecule has 2 radical (unpaired) electrons. The Morgan fingerprint density at radius 2 is 1.45 bits per heavy atom. The molecule has 4 N–H and O–H groups in total. The smallest absolute Gasteiger partial charge is 0.305 e. The number of benzene rings is 3. The van der Waals surface area contributed by atoms with Crippen molar-refractivity contribution in [2.75, 3.05) is 5.32 Å². The molecule has 1 amide bonds. The largest absolute Gasteiger partial charge is 0.481 e. The van der Waals surface area contributed by atoms with Crippen LogP contribution in [-0.4, -0.2) is 81.7 Å². The molecule has 0 saturated heterocycles.